The van der Waals surface area contributed by atoms with Crippen molar-refractivity contribution in [3.05, 3.63) is 24.3 Å². The van der Waals surface area contributed by atoms with Crippen LogP contribution in [0.1, 0.15) is 19.5 Å². The number of aryl methyl sites for hydroxylation is 1. The topological polar surface area (TPSA) is 74.5 Å². The summed E-state index contributed by atoms with van der Waals surface area (Å²) in [4.78, 5) is 0. The van der Waals surface area contributed by atoms with Crippen molar-refractivity contribution in [1.29, 1.82) is 0 Å². The molecule has 2 aromatic rings. The van der Waals surface area contributed by atoms with Crippen molar-refractivity contribution >= 4 is 0 Å². The second-order valence-corrected chi connectivity index (χ2v) is 4.14. The lowest BCUT2D eigenvalue weighted by Gasteiger charge is -2.13. The highest BCUT2D eigenvalue weighted by molar-refractivity contribution is 5.24. The third-order valence-corrected chi connectivity index (χ3v) is 2.11. The van der Waals surface area contributed by atoms with E-state index in [1.807, 2.05) is 33.3 Å². The van der Waals surface area contributed by atoms with E-state index in [2.05, 4.69) is 15.4 Å². The normalized spacial score (nSPS) is 12.0. The predicted octanol–water partition coefficient (Wildman–Crippen LogP) is 0.195. The Morgan fingerprint density at radius 3 is 2.53 bits per heavy atom. The molecule has 80 valence electrons. The van der Waals surface area contributed by atoms with Gasteiger partial charge in [-0.05, 0) is 13.8 Å². The van der Waals surface area contributed by atoms with Gasteiger partial charge in [-0.15, -0.1) is 5.10 Å². The van der Waals surface area contributed by atoms with Crippen LogP contribution in [0.4, 0.5) is 0 Å². The molecule has 2 rings (SSSR count). The molecule has 0 fully saturated rings. The molecule has 0 spiro atoms. The van der Waals surface area contributed by atoms with Gasteiger partial charge in [0.05, 0.1) is 24.1 Å². The summed E-state index contributed by atoms with van der Waals surface area (Å²) >= 11 is 0. The number of aromatic nitrogens is 5. The van der Waals surface area contributed by atoms with Crippen LogP contribution >= 0.6 is 0 Å². The molecule has 0 aromatic carbocycles. The van der Waals surface area contributed by atoms with Crippen molar-refractivity contribution in [3.63, 3.8) is 0 Å². The first-order valence-corrected chi connectivity index (χ1v) is 4.67. The standard InChI is InChI=1S/C9H14N6/c1-9(2,10)8-6-15(13-12-8)7-4-11-14(3)5-7/h4-6H,10H2,1-3H3. The lowest BCUT2D eigenvalue weighted by Crippen LogP contribution is -2.29. The monoisotopic (exact) mass is 206 g/mol. The van der Waals surface area contributed by atoms with Crippen molar-refractivity contribution in [2.24, 2.45) is 12.8 Å². The minimum atomic E-state index is -0.472. The fraction of sp³-hybridized carbons (Fsp3) is 0.444. The molecular formula is C9H14N6. The Morgan fingerprint density at radius 1 is 1.33 bits per heavy atom. The molecule has 6 heteroatoms. The van der Waals surface area contributed by atoms with Gasteiger partial charge in [0.15, 0.2) is 0 Å². The zero-order valence-electron chi connectivity index (χ0n) is 9.05. The predicted molar refractivity (Wildman–Crippen MR) is 55.3 cm³/mol. The molecule has 2 aromatic heterocycles. The van der Waals surface area contributed by atoms with Crippen LogP contribution in [0.15, 0.2) is 18.6 Å². The van der Waals surface area contributed by atoms with Crippen LogP contribution in [0.2, 0.25) is 0 Å². The highest BCUT2D eigenvalue weighted by Crippen LogP contribution is 2.14. The van der Waals surface area contributed by atoms with E-state index in [9.17, 15) is 0 Å². The maximum absolute atomic E-state index is 5.92. The van der Waals surface area contributed by atoms with E-state index in [0.29, 0.717) is 0 Å². The molecule has 6 nitrogen and oxygen atoms in total. The zero-order valence-corrected chi connectivity index (χ0v) is 9.05. The second kappa shape index (κ2) is 3.16. The lowest BCUT2D eigenvalue weighted by atomic mass is 10.0. The van der Waals surface area contributed by atoms with Crippen molar-refractivity contribution in [2.45, 2.75) is 19.4 Å². The summed E-state index contributed by atoms with van der Waals surface area (Å²) < 4.78 is 3.38. The van der Waals surface area contributed by atoms with Crippen molar-refractivity contribution in [3.8, 4) is 5.69 Å². The van der Waals surface area contributed by atoms with E-state index in [1.54, 1.807) is 15.6 Å². The van der Waals surface area contributed by atoms with Crippen LogP contribution in [0, 0.1) is 0 Å². The summed E-state index contributed by atoms with van der Waals surface area (Å²) in [6.45, 7) is 3.79. The zero-order chi connectivity index (χ0) is 11.1. The van der Waals surface area contributed by atoms with Gasteiger partial charge in [-0.1, -0.05) is 5.21 Å². The highest BCUT2D eigenvalue weighted by Gasteiger charge is 2.18. The molecule has 0 radical (unpaired) electrons. The maximum Gasteiger partial charge on any atom is 0.104 e. The summed E-state index contributed by atoms with van der Waals surface area (Å²) in [7, 11) is 1.86. The average Bonchev–Trinajstić information content (AvgIpc) is 2.69. The smallest absolute Gasteiger partial charge is 0.104 e. The van der Waals surface area contributed by atoms with Gasteiger partial charge in [0.2, 0.25) is 0 Å². The Morgan fingerprint density at radius 2 is 2.07 bits per heavy atom. The molecule has 0 aliphatic carbocycles. The number of nitrogens with two attached hydrogens (primary N) is 1. The fourth-order valence-corrected chi connectivity index (χ4v) is 1.21. The summed E-state index contributed by atoms with van der Waals surface area (Å²) in [5.74, 6) is 0. The Hall–Kier alpha value is -1.69. The molecule has 0 saturated heterocycles. The van der Waals surface area contributed by atoms with Gasteiger partial charge < -0.3 is 5.73 Å². The molecule has 0 unspecified atom stereocenters. The van der Waals surface area contributed by atoms with Crippen LogP contribution in [-0.4, -0.2) is 24.8 Å². The molecule has 2 N–H and O–H groups in total. The third kappa shape index (κ3) is 1.89. The van der Waals surface area contributed by atoms with Gasteiger partial charge in [0.25, 0.3) is 0 Å². The van der Waals surface area contributed by atoms with E-state index in [-0.39, 0.29) is 0 Å². The van der Waals surface area contributed by atoms with E-state index < -0.39 is 5.54 Å². The Balaban J connectivity index is 2.36. The molecule has 0 bridgehead atoms. The summed E-state index contributed by atoms with van der Waals surface area (Å²) in [6.07, 6.45) is 5.40. The Kier molecular flexibility index (Phi) is 2.08. The van der Waals surface area contributed by atoms with Gasteiger partial charge in [-0.2, -0.15) is 5.10 Å². The third-order valence-electron chi connectivity index (χ3n) is 2.11. The van der Waals surface area contributed by atoms with Gasteiger partial charge >= 0.3 is 0 Å². The molecule has 0 aliphatic rings. The largest absolute Gasteiger partial charge is 0.320 e. The summed E-state index contributed by atoms with van der Waals surface area (Å²) in [5, 5.41) is 12.1. The second-order valence-electron chi connectivity index (χ2n) is 4.14. The molecule has 0 amide bonds. The van der Waals surface area contributed by atoms with Crippen molar-refractivity contribution < 1.29 is 0 Å². The van der Waals surface area contributed by atoms with Gasteiger partial charge in [0.1, 0.15) is 11.4 Å². The molecule has 0 saturated carbocycles. The highest BCUT2D eigenvalue weighted by atomic mass is 15.4. The summed E-state index contributed by atoms with van der Waals surface area (Å²) in [5.41, 5.74) is 7.08. The molecule has 15 heavy (non-hydrogen) atoms. The van der Waals surface area contributed by atoms with Gasteiger partial charge in [-0.3, -0.25) is 4.68 Å². The van der Waals surface area contributed by atoms with E-state index >= 15 is 0 Å². The van der Waals surface area contributed by atoms with Crippen LogP contribution < -0.4 is 5.73 Å². The average molecular weight is 206 g/mol. The number of nitrogens with zero attached hydrogens (tertiary/aromatic N) is 5. The maximum atomic E-state index is 5.92. The van der Waals surface area contributed by atoms with Gasteiger partial charge in [-0.25, -0.2) is 4.68 Å². The van der Waals surface area contributed by atoms with Gasteiger partial charge in [0, 0.05) is 7.05 Å². The van der Waals surface area contributed by atoms with Crippen LogP contribution in [0.5, 0.6) is 0 Å². The Bertz CT molecular complexity index is 461. The first-order valence-electron chi connectivity index (χ1n) is 4.67. The van der Waals surface area contributed by atoms with Crippen LogP contribution in [-0.2, 0) is 12.6 Å². The lowest BCUT2D eigenvalue weighted by molar-refractivity contribution is 0.533. The van der Waals surface area contributed by atoms with Crippen LogP contribution in [0.25, 0.3) is 5.69 Å². The van der Waals surface area contributed by atoms with E-state index in [4.69, 9.17) is 5.73 Å². The molecule has 0 aliphatic heterocycles. The minimum Gasteiger partial charge on any atom is -0.320 e. The van der Waals surface area contributed by atoms with E-state index in [0.717, 1.165) is 11.4 Å². The first-order chi connectivity index (χ1) is 6.97. The molecule has 2 heterocycles. The van der Waals surface area contributed by atoms with Crippen LogP contribution in [0.3, 0.4) is 0 Å². The van der Waals surface area contributed by atoms with E-state index in [1.165, 1.54) is 0 Å². The Labute approximate surface area is 87.7 Å². The first kappa shape index (κ1) is 9.85. The molecule has 0 atom stereocenters. The van der Waals surface area contributed by atoms with Crippen molar-refractivity contribution in [2.75, 3.05) is 0 Å². The number of rotatable bonds is 2. The minimum absolute atomic E-state index is 0.472. The number of hydrogen-bond acceptors (Lipinski definition) is 4. The SMILES string of the molecule is Cn1cc(-n2cc(C(C)(C)N)nn2)cn1. The summed E-state index contributed by atoms with van der Waals surface area (Å²) in [6, 6.07) is 0. The quantitative estimate of drug-likeness (QED) is 0.761. The molecular weight excluding hydrogens is 192 g/mol. The van der Waals surface area contributed by atoms with Crippen molar-refractivity contribution in [1.82, 2.24) is 24.8 Å². The fourth-order valence-electron chi connectivity index (χ4n) is 1.21. The number of hydrogen-bond donors (Lipinski definition) is 1.